The number of H-pyrrole nitrogens is 1. The first-order valence-electron chi connectivity index (χ1n) is 5.16. The highest BCUT2D eigenvalue weighted by atomic mass is 32.2. The van der Waals surface area contributed by atoms with Gasteiger partial charge in [-0.3, -0.25) is 9.10 Å². The Balaban J connectivity index is 2.50. The van der Waals surface area contributed by atoms with Crippen molar-refractivity contribution >= 4 is 27.0 Å². The molecule has 1 aromatic carbocycles. The number of nitrogens with zero attached hydrogens (tertiary/aromatic N) is 1. The first kappa shape index (κ1) is 12.8. The molecule has 96 valence electrons. The third-order valence-corrected chi connectivity index (χ3v) is 5.86. The average Bonchev–Trinajstić information content (AvgIpc) is 2.69. The number of hydrogen-bond donors (Lipinski definition) is 1. The van der Waals surface area contributed by atoms with Crippen molar-refractivity contribution in [3.05, 3.63) is 45.7 Å². The lowest BCUT2D eigenvalue weighted by molar-refractivity contribution is 0.595. The van der Waals surface area contributed by atoms with Crippen LogP contribution in [0, 0.1) is 6.92 Å². The molecule has 0 bridgehead atoms. The normalized spacial score (nSPS) is 11.4. The lowest BCUT2D eigenvalue weighted by Crippen LogP contribution is -2.26. The highest BCUT2D eigenvalue weighted by Gasteiger charge is 2.25. The van der Waals surface area contributed by atoms with Gasteiger partial charge >= 0.3 is 4.87 Å². The third-order valence-electron chi connectivity index (χ3n) is 2.50. The number of aromatic amines is 1. The van der Waals surface area contributed by atoms with Crippen molar-refractivity contribution in [3.63, 3.8) is 0 Å². The topological polar surface area (TPSA) is 70.2 Å². The highest BCUT2D eigenvalue weighted by Crippen LogP contribution is 2.24. The number of aryl methyl sites for hydroxylation is 1. The van der Waals surface area contributed by atoms with Gasteiger partial charge in [0.15, 0.2) is 4.21 Å². The molecule has 0 unspecified atom stereocenters. The van der Waals surface area contributed by atoms with Gasteiger partial charge in [0, 0.05) is 12.7 Å². The average molecular weight is 284 g/mol. The fraction of sp³-hybridized carbons (Fsp3) is 0.182. The quantitative estimate of drug-likeness (QED) is 0.930. The lowest BCUT2D eigenvalue weighted by Gasteiger charge is -2.18. The summed E-state index contributed by atoms with van der Waals surface area (Å²) in [5.41, 5.74) is 0.922. The van der Waals surface area contributed by atoms with Crippen LogP contribution in [0.3, 0.4) is 0 Å². The predicted octanol–water partition coefficient (Wildman–Crippen LogP) is 1.57. The summed E-state index contributed by atoms with van der Waals surface area (Å²) in [4.78, 5) is 13.3. The monoisotopic (exact) mass is 284 g/mol. The minimum atomic E-state index is -3.68. The lowest BCUT2D eigenvalue weighted by atomic mass is 10.3. The molecule has 1 aromatic heterocycles. The number of thiazole rings is 1. The van der Waals surface area contributed by atoms with Crippen LogP contribution in [0.25, 0.3) is 0 Å². The van der Waals surface area contributed by atoms with E-state index in [0.717, 1.165) is 0 Å². The Kier molecular flexibility index (Phi) is 3.27. The zero-order chi connectivity index (χ0) is 13.3. The highest BCUT2D eigenvalue weighted by molar-refractivity contribution is 7.94. The Morgan fingerprint density at radius 1 is 1.22 bits per heavy atom. The summed E-state index contributed by atoms with van der Waals surface area (Å²) in [5, 5.41) is 0. The maximum absolute atomic E-state index is 12.3. The van der Waals surface area contributed by atoms with Crippen LogP contribution >= 0.6 is 11.3 Å². The molecule has 7 heteroatoms. The first-order valence-corrected chi connectivity index (χ1v) is 7.42. The van der Waals surface area contributed by atoms with Crippen LogP contribution in [0.5, 0.6) is 0 Å². The van der Waals surface area contributed by atoms with Gasteiger partial charge in [0.25, 0.3) is 10.0 Å². The molecule has 0 atom stereocenters. The van der Waals surface area contributed by atoms with Crippen LogP contribution in [-0.4, -0.2) is 20.4 Å². The molecule has 0 aliphatic heterocycles. The number of aromatic nitrogens is 1. The van der Waals surface area contributed by atoms with E-state index in [9.17, 15) is 13.2 Å². The van der Waals surface area contributed by atoms with Gasteiger partial charge in [0.1, 0.15) is 0 Å². The van der Waals surface area contributed by atoms with E-state index >= 15 is 0 Å². The largest absolute Gasteiger partial charge is 0.315 e. The summed E-state index contributed by atoms with van der Waals surface area (Å²) < 4.78 is 25.9. The summed E-state index contributed by atoms with van der Waals surface area (Å²) in [6, 6.07) is 8.72. The smallest absolute Gasteiger partial charge is 0.306 e. The van der Waals surface area contributed by atoms with Gasteiger partial charge in [0.05, 0.1) is 5.69 Å². The molecule has 2 aromatic rings. The minimum Gasteiger partial charge on any atom is -0.315 e. The van der Waals surface area contributed by atoms with Gasteiger partial charge in [-0.15, -0.1) is 0 Å². The number of benzene rings is 1. The van der Waals surface area contributed by atoms with E-state index in [4.69, 9.17) is 0 Å². The molecule has 0 radical (unpaired) electrons. The number of hydrogen-bond acceptors (Lipinski definition) is 4. The molecule has 0 fully saturated rings. The van der Waals surface area contributed by atoms with Crippen LogP contribution in [0.1, 0.15) is 5.69 Å². The van der Waals surface area contributed by atoms with Crippen molar-refractivity contribution in [2.75, 3.05) is 11.4 Å². The molecule has 0 aliphatic rings. The molecule has 2 rings (SSSR count). The second kappa shape index (κ2) is 4.58. The Hall–Kier alpha value is -1.60. The minimum absolute atomic E-state index is 0.0545. The molecule has 0 saturated carbocycles. The molecular formula is C11H12N2O3S2. The van der Waals surface area contributed by atoms with Crippen LogP contribution in [0.15, 0.2) is 39.3 Å². The zero-order valence-electron chi connectivity index (χ0n) is 9.88. The van der Waals surface area contributed by atoms with E-state index in [2.05, 4.69) is 4.98 Å². The molecule has 18 heavy (non-hydrogen) atoms. The second-order valence-electron chi connectivity index (χ2n) is 3.74. The molecular weight excluding hydrogens is 272 g/mol. The molecule has 1 N–H and O–H groups in total. The maximum Gasteiger partial charge on any atom is 0.306 e. The van der Waals surface area contributed by atoms with Crippen LogP contribution in [-0.2, 0) is 10.0 Å². The number of rotatable bonds is 3. The zero-order valence-corrected chi connectivity index (χ0v) is 11.5. The summed E-state index contributed by atoms with van der Waals surface area (Å²) >= 11 is 0.704. The Labute approximate surface area is 109 Å². The van der Waals surface area contributed by atoms with Crippen molar-refractivity contribution < 1.29 is 8.42 Å². The first-order chi connectivity index (χ1) is 8.43. The van der Waals surface area contributed by atoms with Crippen molar-refractivity contribution in [1.82, 2.24) is 4.98 Å². The molecule has 0 aliphatic carbocycles. The van der Waals surface area contributed by atoms with Crippen molar-refractivity contribution in [3.8, 4) is 0 Å². The Bertz CT molecular complexity index is 701. The molecule has 1 heterocycles. The number of para-hydroxylation sites is 1. The van der Waals surface area contributed by atoms with Crippen LogP contribution in [0.4, 0.5) is 5.69 Å². The van der Waals surface area contributed by atoms with E-state index in [1.165, 1.54) is 11.4 Å². The van der Waals surface area contributed by atoms with Crippen molar-refractivity contribution in [2.45, 2.75) is 11.1 Å². The molecule has 5 nitrogen and oxygen atoms in total. The third kappa shape index (κ3) is 2.19. The molecule has 0 saturated heterocycles. The fourth-order valence-corrected chi connectivity index (χ4v) is 4.18. The summed E-state index contributed by atoms with van der Waals surface area (Å²) in [7, 11) is -2.21. The summed E-state index contributed by atoms with van der Waals surface area (Å²) in [6.45, 7) is 1.57. The Morgan fingerprint density at radius 2 is 1.83 bits per heavy atom. The van der Waals surface area contributed by atoms with Gasteiger partial charge in [-0.2, -0.15) is 0 Å². The fourth-order valence-electron chi connectivity index (χ4n) is 1.54. The van der Waals surface area contributed by atoms with Gasteiger partial charge in [-0.05, 0) is 19.1 Å². The van der Waals surface area contributed by atoms with Gasteiger partial charge in [0.2, 0.25) is 0 Å². The van der Waals surface area contributed by atoms with Crippen LogP contribution < -0.4 is 9.18 Å². The van der Waals surface area contributed by atoms with E-state index in [-0.39, 0.29) is 9.08 Å². The van der Waals surface area contributed by atoms with Gasteiger partial charge < -0.3 is 4.98 Å². The number of sulfonamides is 1. The SMILES string of the molecule is Cc1[nH]c(=O)sc1S(=O)(=O)N(C)c1ccccc1. The summed E-state index contributed by atoms with van der Waals surface area (Å²) in [6.07, 6.45) is 0. The van der Waals surface area contributed by atoms with E-state index in [1.54, 1.807) is 31.2 Å². The standard InChI is InChI=1S/C11H12N2O3S2/c1-8-10(17-11(14)12-8)18(15,16)13(2)9-6-4-3-5-7-9/h3-7H,1-2H3,(H,12,14). The molecule has 0 spiro atoms. The predicted molar refractivity (Wildman–Crippen MR) is 71.7 cm³/mol. The van der Waals surface area contributed by atoms with E-state index < -0.39 is 10.0 Å². The number of nitrogens with one attached hydrogen (secondary N) is 1. The molecule has 0 amide bonds. The van der Waals surface area contributed by atoms with Gasteiger partial charge in [-0.1, -0.05) is 29.5 Å². The Morgan fingerprint density at radius 3 is 2.33 bits per heavy atom. The maximum atomic E-state index is 12.3. The van der Waals surface area contributed by atoms with E-state index in [0.29, 0.717) is 22.7 Å². The number of anilines is 1. The summed E-state index contributed by atoms with van der Waals surface area (Å²) in [5.74, 6) is 0. The van der Waals surface area contributed by atoms with Crippen LogP contribution in [0.2, 0.25) is 0 Å². The van der Waals surface area contributed by atoms with Crippen molar-refractivity contribution in [1.29, 1.82) is 0 Å². The van der Waals surface area contributed by atoms with Crippen molar-refractivity contribution in [2.24, 2.45) is 0 Å². The second-order valence-corrected chi connectivity index (χ2v) is 6.88. The van der Waals surface area contributed by atoms with Gasteiger partial charge in [-0.25, -0.2) is 8.42 Å². The van der Waals surface area contributed by atoms with E-state index in [1.807, 2.05) is 6.07 Å².